The van der Waals surface area contributed by atoms with Gasteiger partial charge in [-0.15, -0.1) is 0 Å². The van der Waals surface area contributed by atoms with Crippen LogP contribution in [0.1, 0.15) is 19.8 Å². The van der Waals surface area contributed by atoms with E-state index in [9.17, 15) is 18.0 Å². The lowest BCUT2D eigenvalue weighted by Gasteiger charge is -2.13. The summed E-state index contributed by atoms with van der Waals surface area (Å²) >= 11 is 0. The smallest absolute Gasteiger partial charge is 0.246 e. The van der Waals surface area contributed by atoms with E-state index < -0.39 is 21.8 Å². The van der Waals surface area contributed by atoms with Gasteiger partial charge in [-0.25, -0.2) is 8.42 Å². The van der Waals surface area contributed by atoms with Crippen molar-refractivity contribution in [3.63, 3.8) is 0 Å². The summed E-state index contributed by atoms with van der Waals surface area (Å²) in [6.45, 7) is 2.13. The van der Waals surface area contributed by atoms with Gasteiger partial charge in [-0.2, -0.15) is 4.31 Å². The van der Waals surface area contributed by atoms with Gasteiger partial charge in [0.05, 0.1) is 12.4 Å². The van der Waals surface area contributed by atoms with Crippen LogP contribution in [0.25, 0.3) is 0 Å². The van der Waals surface area contributed by atoms with Crippen molar-refractivity contribution in [2.45, 2.75) is 19.8 Å². The van der Waals surface area contributed by atoms with Crippen molar-refractivity contribution in [3.05, 3.63) is 0 Å². The molecule has 2 amide bonds. The van der Waals surface area contributed by atoms with Gasteiger partial charge in [0, 0.05) is 19.4 Å². The monoisotopic (exact) mass is 235 g/mol. The van der Waals surface area contributed by atoms with Gasteiger partial charge in [-0.3, -0.25) is 9.59 Å². The van der Waals surface area contributed by atoms with Crippen molar-refractivity contribution in [3.8, 4) is 0 Å². The summed E-state index contributed by atoms with van der Waals surface area (Å²) in [7, 11) is -3.82. The number of hydrogen-bond donors (Lipinski definition) is 0. The number of rotatable bonds is 5. The van der Waals surface area contributed by atoms with Gasteiger partial charge in [0.15, 0.2) is 0 Å². The minimum absolute atomic E-state index is 0.00407. The van der Waals surface area contributed by atoms with Gasteiger partial charge in [0.25, 0.3) is 0 Å². The number of ether oxygens (including phenoxy) is 1. The molecule has 15 heavy (non-hydrogen) atoms. The third kappa shape index (κ3) is 2.75. The van der Waals surface area contributed by atoms with E-state index in [-0.39, 0.29) is 25.2 Å². The molecular weight excluding hydrogens is 222 g/mol. The summed E-state index contributed by atoms with van der Waals surface area (Å²) in [5.74, 6) is -1.62. The number of carbonyl (C=O) groups excluding carboxylic acids is 2. The van der Waals surface area contributed by atoms with E-state index in [2.05, 4.69) is 0 Å². The second kappa shape index (κ2) is 4.71. The van der Waals surface area contributed by atoms with E-state index in [1.54, 1.807) is 6.92 Å². The van der Waals surface area contributed by atoms with Crippen molar-refractivity contribution in [2.75, 3.05) is 19.0 Å². The largest absolute Gasteiger partial charge is 0.381 e. The first-order chi connectivity index (χ1) is 6.99. The zero-order chi connectivity index (χ0) is 11.5. The van der Waals surface area contributed by atoms with Gasteiger partial charge < -0.3 is 4.74 Å². The summed E-state index contributed by atoms with van der Waals surface area (Å²) < 4.78 is 28.3. The standard InChI is InChI=1S/C8H13NO5S/c1-2-14-5-6-15(12,13)9-7(10)3-4-8(9)11/h2-6H2,1H3. The van der Waals surface area contributed by atoms with Crippen molar-refractivity contribution in [2.24, 2.45) is 0 Å². The van der Waals surface area contributed by atoms with Crippen molar-refractivity contribution in [1.82, 2.24) is 4.31 Å². The first-order valence-electron chi connectivity index (χ1n) is 4.65. The number of imide groups is 1. The van der Waals surface area contributed by atoms with Crippen LogP contribution in [-0.4, -0.2) is 43.5 Å². The summed E-state index contributed by atoms with van der Waals surface area (Å²) in [5, 5.41) is 0. The molecule has 86 valence electrons. The fourth-order valence-corrected chi connectivity index (χ4v) is 2.58. The molecule has 1 saturated heterocycles. The molecule has 0 N–H and O–H groups in total. The van der Waals surface area contributed by atoms with Gasteiger partial charge >= 0.3 is 0 Å². The normalized spacial score (nSPS) is 17.5. The van der Waals surface area contributed by atoms with Gasteiger partial charge in [0.1, 0.15) is 0 Å². The van der Waals surface area contributed by atoms with E-state index in [4.69, 9.17) is 4.74 Å². The summed E-state index contributed by atoms with van der Waals surface area (Å²) in [6, 6.07) is 0. The number of carbonyl (C=O) groups is 2. The van der Waals surface area contributed by atoms with E-state index >= 15 is 0 Å². The molecule has 1 rings (SSSR count). The highest BCUT2D eigenvalue weighted by atomic mass is 32.2. The molecule has 0 aromatic rings. The average molecular weight is 235 g/mol. The fraction of sp³-hybridized carbons (Fsp3) is 0.750. The Morgan fingerprint density at radius 2 is 1.80 bits per heavy atom. The molecular formula is C8H13NO5S. The van der Waals surface area contributed by atoms with Gasteiger partial charge in [-0.05, 0) is 6.92 Å². The first kappa shape index (κ1) is 12.1. The maximum atomic E-state index is 11.5. The Labute approximate surface area is 88.2 Å². The number of sulfonamides is 1. The van der Waals surface area contributed by atoms with Crippen LogP contribution in [0, 0.1) is 0 Å². The molecule has 0 unspecified atom stereocenters. The Bertz CT molecular complexity index is 345. The van der Waals surface area contributed by atoms with E-state index in [1.807, 2.05) is 0 Å². The minimum Gasteiger partial charge on any atom is -0.381 e. The number of nitrogens with zero attached hydrogens (tertiary/aromatic N) is 1. The zero-order valence-corrected chi connectivity index (χ0v) is 9.25. The molecule has 0 radical (unpaired) electrons. The van der Waals surface area contributed by atoms with Crippen LogP contribution in [0.2, 0.25) is 0 Å². The quantitative estimate of drug-likeness (QED) is 0.474. The highest BCUT2D eigenvalue weighted by Crippen LogP contribution is 2.16. The molecule has 1 heterocycles. The Morgan fingerprint density at radius 1 is 1.27 bits per heavy atom. The fourth-order valence-electron chi connectivity index (χ4n) is 1.27. The van der Waals surface area contributed by atoms with Crippen LogP contribution in [-0.2, 0) is 24.3 Å². The highest BCUT2D eigenvalue weighted by molar-refractivity contribution is 7.90. The molecule has 0 aromatic heterocycles. The molecule has 7 heteroatoms. The van der Waals surface area contributed by atoms with Crippen LogP contribution in [0.4, 0.5) is 0 Å². The second-order valence-corrected chi connectivity index (χ2v) is 5.00. The third-order valence-electron chi connectivity index (χ3n) is 1.97. The van der Waals surface area contributed by atoms with Crippen molar-refractivity contribution >= 4 is 21.8 Å². The van der Waals surface area contributed by atoms with Crippen LogP contribution >= 0.6 is 0 Å². The predicted octanol–water partition coefficient (Wildman–Crippen LogP) is -0.498. The van der Waals surface area contributed by atoms with Gasteiger partial charge in [-0.1, -0.05) is 0 Å². The predicted molar refractivity (Wildman–Crippen MR) is 51.4 cm³/mol. The number of hydrogen-bond acceptors (Lipinski definition) is 5. The topological polar surface area (TPSA) is 80.8 Å². The van der Waals surface area contributed by atoms with Crippen molar-refractivity contribution in [1.29, 1.82) is 0 Å². The van der Waals surface area contributed by atoms with Crippen molar-refractivity contribution < 1.29 is 22.7 Å². The summed E-state index contributed by atoms with van der Waals surface area (Å²) in [5.41, 5.74) is 0. The summed E-state index contributed by atoms with van der Waals surface area (Å²) in [4.78, 5) is 22.3. The molecule has 0 saturated carbocycles. The van der Waals surface area contributed by atoms with Crippen LogP contribution in [0.3, 0.4) is 0 Å². The van der Waals surface area contributed by atoms with E-state index in [1.165, 1.54) is 0 Å². The molecule has 1 aliphatic heterocycles. The van der Waals surface area contributed by atoms with Crippen LogP contribution in [0.15, 0.2) is 0 Å². The molecule has 6 nitrogen and oxygen atoms in total. The SMILES string of the molecule is CCOCCS(=O)(=O)N1C(=O)CCC1=O. The molecule has 1 fully saturated rings. The lowest BCUT2D eigenvalue weighted by molar-refractivity contribution is -0.132. The van der Waals surface area contributed by atoms with Crippen LogP contribution < -0.4 is 0 Å². The Hall–Kier alpha value is -0.950. The molecule has 0 aliphatic carbocycles. The average Bonchev–Trinajstić information content (AvgIpc) is 2.46. The van der Waals surface area contributed by atoms with E-state index in [0.717, 1.165) is 0 Å². The van der Waals surface area contributed by atoms with Crippen LogP contribution in [0.5, 0.6) is 0 Å². The van der Waals surface area contributed by atoms with E-state index in [0.29, 0.717) is 10.9 Å². The zero-order valence-electron chi connectivity index (χ0n) is 8.43. The van der Waals surface area contributed by atoms with Gasteiger partial charge in [0.2, 0.25) is 21.8 Å². The molecule has 0 bridgehead atoms. The first-order valence-corrected chi connectivity index (χ1v) is 6.26. The Kier molecular flexibility index (Phi) is 3.81. The molecule has 1 aliphatic rings. The number of amides is 2. The highest BCUT2D eigenvalue weighted by Gasteiger charge is 2.38. The molecule has 0 atom stereocenters. The minimum atomic E-state index is -3.82. The third-order valence-corrected chi connectivity index (χ3v) is 3.62. The maximum absolute atomic E-state index is 11.5. The Balaban J connectivity index is 2.68. The molecule has 0 aromatic carbocycles. The Morgan fingerprint density at radius 3 is 2.27 bits per heavy atom. The summed E-state index contributed by atoms with van der Waals surface area (Å²) in [6.07, 6.45) is -0.0423. The molecule has 0 spiro atoms. The second-order valence-electron chi connectivity index (χ2n) is 3.06. The lowest BCUT2D eigenvalue weighted by Crippen LogP contribution is -2.38. The maximum Gasteiger partial charge on any atom is 0.246 e. The lowest BCUT2D eigenvalue weighted by atomic mass is 10.4.